The van der Waals surface area contributed by atoms with Crippen molar-refractivity contribution in [3.8, 4) is 5.75 Å². The number of allylic oxidation sites excluding steroid dienone is 2. The highest BCUT2D eigenvalue weighted by molar-refractivity contribution is 6.36. The number of ether oxygens (including phenoxy) is 1. The predicted octanol–water partition coefficient (Wildman–Crippen LogP) is 4.81. The lowest BCUT2D eigenvalue weighted by Crippen LogP contribution is -2.40. The fraction of sp³-hybridized carbons (Fsp3) is 0.320. The summed E-state index contributed by atoms with van der Waals surface area (Å²) in [6.07, 6.45) is 5.46. The van der Waals surface area contributed by atoms with Crippen LogP contribution in [0.2, 0.25) is 10.0 Å². The molecule has 4 aliphatic carbocycles. The number of rotatable bonds is 5. The highest BCUT2D eigenvalue weighted by atomic mass is 35.5. The Morgan fingerprint density at radius 1 is 0.938 bits per heavy atom. The molecule has 6 atom stereocenters. The van der Waals surface area contributed by atoms with Crippen LogP contribution < -0.4 is 9.64 Å². The molecular weight excluding hydrogens is 449 g/mol. The Balaban J connectivity index is 1.16. The van der Waals surface area contributed by atoms with Crippen LogP contribution in [0.5, 0.6) is 5.75 Å². The maximum atomic E-state index is 13.2. The number of carbonyl (C=O) groups excluding carboxylic acids is 3. The summed E-state index contributed by atoms with van der Waals surface area (Å²) in [4.78, 5) is 40.1. The normalized spacial score (nSPS) is 31.5. The van der Waals surface area contributed by atoms with Gasteiger partial charge in [-0.05, 0) is 72.6 Å². The van der Waals surface area contributed by atoms with E-state index >= 15 is 0 Å². The van der Waals surface area contributed by atoms with Gasteiger partial charge in [-0.3, -0.25) is 19.3 Å². The van der Waals surface area contributed by atoms with E-state index in [0.29, 0.717) is 38.9 Å². The van der Waals surface area contributed by atoms with Gasteiger partial charge in [0.1, 0.15) is 5.75 Å². The molecule has 0 aromatic heterocycles. The summed E-state index contributed by atoms with van der Waals surface area (Å²) in [6.45, 7) is -0.205. The first kappa shape index (κ1) is 20.0. The number of ketones is 1. The first-order valence-electron chi connectivity index (χ1n) is 10.7. The van der Waals surface area contributed by atoms with E-state index in [4.69, 9.17) is 27.9 Å². The van der Waals surface area contributed by atoms with Crippen molar-refractivity contribution >= 4 is 46.5 Å². The Bertz CT molecular complexity index is 1150. The van der Waals surface area contributed by atoms with E-state index in [9.17, 15) is 14.4 Å². The topological polar surface area (TPSA) is 63.7 Å². The number of nitrogens with zero attached hydrogens (tertiary/aromatic N) is 1. The van der Waals surface area contributed by atoms with Crippen LogP contribution in [-0.4, -0.2) is 24.2 Å². The number of hydrogen-bond donors (Lipinski definition) is 0. The first-order valence-corrected chi connectivity index (χ1v) is 11.5. The third-order valence-electron chi connectivity index (χ3n) is 7.36. The molecule has 0 N–H and O–H groups in total. The van der Waals surface area contributed by atoms with E-state index in [1.807, 2.05) is 0 Å². The minimum absolute atomic E-state index is 0.0934. The Hall–Kier alpha value is -2.63. The number of Topliss-reactive ketones (excluding diaryl/α,β-unsaturated/α-hetero) is 1. The molecule has 7 heteroatoms. The van der Waals surface area contributed by atoms with Crippen molar-refractivity contribution in [1.29, 1.82) is 0 Å². The highest BCUT2D eigenvalue weighted by Gasteiger charge is 2.67. The lowest BCUT2D eigenvalue weighted by atomic mass is 9.63. The average Bonchev–Trinajstić information content (AvgIpc) is 3.58. The fourth-order valence-electron chi connectivity index (χ4n) is 5.84. The molecule has 2 amide bonds. The molecule has 5 nitrogen and oxygen atoms in total. The number of anilines is 1. The van der Waals surface area contributed by atoms with Gasteiger partial charge in [-0.2, -0.15) is 0 Å². The number of amides is 2. The molecule has 0 radical (unpaired) electrons. The second-order valence-corrected chi connectivity index (χ2v) is 9.84. The van der Waals surface area contributed by atoms with Crippen molar-refractivity contribution in [3.05, 3.63) is 70.2 Å². The molecule has 0 spiro atoms. The maximum absolute atomic E-state index is 13.2. The lowest BCUT2D eigenvalue weighted by Gasteiger charge is -2.37. The number of imide groups is 1. The van der Waals surface area contributed by atoms with E-state index in [1.54, 1.807) is 36.4 Å². The molecule has 2 saturated carbocycles. The van der Waals surface area contributed by atoms with Crippen molar-refractivity contribution in [2.75, 3.05) is 11.5 Å². The van der Waals surface area contributed by atoms with Gasteiger partial charge in [0, 0.05) is 10.6 Å². The second-order valence-electron chi connectivity index (χ2n) is 9.00. The van der Waals surface area contributed by atoms with Gasteiger partial charge in [0.15, 0.2) is 6.61 Å². The van der Waals surface area contributed by atoms with Gasteiger partial charge in [0.25, 0.3) is 0 Å². The van der Waals surface area contributed by atoms with Gasteiger partial charge in [0.05, 0.1) is 22.5 Å². The summed E-state index contributed by atoms with van der Waals surface area (Å²) in [5, 5.41) is 0.732. The van der Waals surface area contributed by atoms with Crippen molar-refractivity contribution < 1.29 is 19.1 Å². The Morgan fingerprint density at radius 2 is 1.56 bits per heavy atom. The molecule has 1 aliphatic heterocycles. The molecule has 2 aromatic rings. The van der Waals surface area contributed by atoms with Crippen molar-refractivity contribution in [3.63, 3.8) is 0 Å². The zero-order valence-corrected chi connectivity index (χ0v) is 18.4. The average molecular weight is 468 g/mol. The van der Waals surface area contributed by atoms with Crippen LogP contribution in [0.1, 0.15) is 16.8 Å². The van der Waals surface area contributed by atoms with Crippen molar-refractivity contribution in [2.24, 2.45) is 35.5 Å². The van der Waals surface area contributed by atoms with Gasteiger partial charge in [-0.15, -0.1) is 0 Å². The fourth-order valence-corrected chi connectivity index (χ4v) is 6.24. The number of hydrogen-bond acceptors (Lipinski definition) is 4. The summed E-state index contributed by atoms with van der Waals surface area (Å²) in [5.41, 5.74) is 0.840. The van der Waals surface area contributed by atoms with Crippen LogP contribution in [0, 0.1) is 35.5 Å². The maximum Gasteiger partial charge on any atom is 0.238 e. The summed E-state index contributed by atoms with van der Waals surface area (Å²) in [7, 11) is 0. The molecule has 2 bridgehead atoms. The Kier molecular flexibility index (Phi) is 4.50. The van der Waals surface area contributed by atoms with Crippen molar-refractivity contribution in [1.82, 2.24) is 0 Å². The zero-order chi connectivity index (χ0) is 22.1. The molecular formula is C25H19Cl2NO4. The molecule has 5 aliphatic rings. The summed E-state index contributed by atoms with van der Waals surface area (Å²) < 4.78 is 5.60. The standard InChI is InChI=1S/C25H19Cl2NO4/c26-12-1-8-20(27)19(9-12)21(29)11-32-14-4-2-13(3-5-14)28-24(30)22-15-6-7-16(18-10-17(15)18)23(22)25(28)31/h1-9,15-18,22-23H,10-11H2/t15-,16?,17?,18-,22-,23+/m0/s1. The van der Waals surface area contributed by atoms with Crippen LogP contribution in [0.25, 0.3) is 0 Å². The Morgan fingerprint density at radius 3 is 2.19 bits per heavy atom. The lowest BCUT2D eigenvalue weighted by molar-refractivity contribution is -0.124. The quantitative estimate of drug-likeness (QED) is 0.359. The van der Waals surface area contributed by atoms with Gasteiger partial charge in [0.2, 0.25) is 17.6 Å². The summed E-state index contributed by atoms with van der Waals surface area (Å²) in [5.74, 6) is 1.07. The van der Waals surface area contributed by atoms with Crippen molar-refractivity contribution in [2.45, 2.75) is 6.42 Å². The van der Waals surface area contributed by atoms with E-state index in [2.05, 4.69) is 12.2 Å². The molecule has 162 valence electrons. The molecule has 2 aromatic carbocycles. The smallest absolute Gasteiger partial charge is 0.238 e. The van der Waals surface area contributed by atoms with Crippen LogP contribution in [0.4, 0.5) is 5.69 Å². The van der Waals surface area contributed by atoms with Crippen LogP contribution >= 0.6 is 23.2 Å². The predicted molar refractivity (Wildman–Crippen MR) is 120 cm³/mol. The summed E-state index contributed by atoms with van der Waals surface area (Å²) in [6, 6.07) is 11.4. The van der Waals surface area contributed by atoms with Gasteiger partial charge in [-0.1, -0.05) is 35.4 Å². The third kappa shape index (κ3) is 2.95. The van der Waals surface area contributed by atoms with Crippen LogP contribution in [-0.2, 0) is 9.59 Å². The van der Waals surface area contributed by atoms with E-state index in [1.165, 1.54) is 11.0 Å². The third-order valence-corrected chi connectivity index (χ3v) is 7.92. The molecule has 3 fully saturated rings. The molecule has 2 unspecified atom stereocenters. The summed E-state index contributed by atoms with van der Waals surface area (Å²) >= 11 is 12.0. The number of benzene rings is 2. The SMILES string of the molecule is O=C(COc1ccc(N2C(=O)[C@@H]3[C@H](C2=O)C2C=C[C@H]3C3C[C@@H]23)cc1)c1cc(Cl)ccc1Cl. The van der Waals surface area contributed by atoms with Crippen LogP contribution in [0.15, 0.2) is 54.6 Å². The first-order chi connectivity index (χ1) is 15.4. The molecule has 7 rings (SSSR count). The highest BCUT2D eigenvalue weighted by Crippen LogP contribution is 2.65. The Labute approximate surface area is 194 Å². The van der Waals surface area contributed by atoms with Gasteiger partial charge in [-0.25, -0.2) is 0 Å². The zero-order valence-electron chi connectivity index (χ0n) is 16.9. The van der Waals surface area contributed by atoms with Crippen LogP contribution in [0.3, 0.4) is 0 Å². The largest absolute Gasteiger partial charge is 0.485 e. The van der Waals surface area contributed by atoms with E-state index in [0.717, 1.165) is 6.42 Å². The van der Waals surface area contributed by atoms with Gasteiger partial charge < -0.3 is 4.74 Å². The molecule has 1 heterocycles. The minimum atomic E-state index is -0.294. The van der Waals surface area contributed by atoms with E-state index < -0.39 is 0 Å². The molecule has 1 saturated heterocycles. The monoisotopic (exact) mass is 467 g/mol. The second kappa shape index (κ2) is 7.19. The number of carbonyl (C=O) groups is 3. The minimum Gasteiger partial charge on any atom is -0.485 e. The molecule has 32 heavy (non-hydrogen) atoms. The van der Waals surface area contributed by atoms with E-state index in [-0.39, 0.29) is 47.9 Å². The van der Waals surface area contributed by atoms with Gasteiger partial charge >= 0.3 is 0 Å². The number of halogens is 2.